The van der Waals surface area contributed by atoms with Crippen LogP contribution in [0.2, 0.25) is 0 Å². The van der Waals surface area contributed by atoms with Crippen molar-refractivity contribution < 1.29 is 4.74 Å². The van der Waals surface area contributed by atoms with Crippen LogP contribution in [-0.2, 0) is 0 Å². The molecule has 0 aliphatic heterocycles. The van der Waals surface area contributed by atoms with E-state index in [0.29, 0.717) is 0 Å². The van der Waals surface area contributed by atoms with Crippen molar-refractivity contribution in [2.75, 3.05) is 18.9 Å². The summed E-state index contributed by atoms with van der Waals surface area (Å²) in [5.41, 5.74) is 6.41. The van der Waals surface area contributed by atoms with Crippen LogP contribution >= 0.6 is 0 Å². The summed E-state index contributed by atoms with van der Waals surface area (Å²) in [6, 6.07) is 8.34. The molecular weight excluding hydrogens is 224 g/mol. The van der Waals surface area contributed by atoms with Gasteiger partial charge in [0.25, 0.3) is 0 Å². The molecule has 3 rings (SSSR count). The SMILES string of the molecule is Nc1ccc(OCCNC2CC3CCC2C3)cc1. The normalized spacial score (nSPS) is 29.7. The van der Waals surface area contributed by atoms with E-state index in [1.807, 2.05) is 24.3 Å². The molecular formula is C15H22N2O. The molecule has 3 unspecified atom stereocenters. The monoisotopic (exact) mass is 246 g/mol. The highest BCUT2D eigenvalue weighted by atomic mass is 16.5. The van der Waals surface area contributed by atoms with Crippen molar-refractivity contribution >= 4 is 5.69 Å². The molecule has 0 radical (unpaired) electrons. The van der Waals surface area contributed by atoms with Gasteiger partial charge in [-0.2, -0.15) is 0 Å². The maximum absolute atomic E-state index is 5.68. The smallest absolute Gasteiger partial charge is 0.119 e. The Morgan fingerprint density at radius 3 is 2.67 bits per heavy atom. The Bertz CT molecular complexity index is 390. The molecule has 2 aliphatic carbocycles. The van der Waals surface area contributed by atoms with E-state index in [1.165, 1.54) is 25.7 Å². The number of ether oxygens (including phenoxy) is 1. The van der Waals surface area contributed by atoms with Crippen molar-refractivity contribution in [1.82, 2.24) is 5.32 Å². The van der Waals surface area contributed by atoms with Gasteiger partial charge in [-0.05, 0) is 55.4 Å². The minimum atomic E-state index is 0.734. The first-order chi connectivity index (χ1) is 8.81. The third-order valence-electron chi connectivity index (χ3n) is 4.40. The van der Waals surface area contributed by atoms with Gasteiger partial charge >= 0.3 is 0 Å². The topological polar surface area (TPSA) is 47.3 Å². The first kappa shape index (κ1) is 11.8. The zero-order valence-electron chi connectivity index (χ0n) is 10.8. The molecule has 2 saturated carbocycles. The number of rotatable bonds is 5. The molecule has 3 N–H and O–H groups in total. The predicted molar refractivity (Wildman–Crippen MR) is 73.6 cm³/mol. The first-order valence-corrected chi connectivity index (χ1v) is 7.03. The van der Waals surface area contributed by atoms with Crippen LogP contribution in [0, 0.1) is 11.8 Å². The largest absolute Gasteiger partial charge is 0.492 e. The molecule has 0 saturated heterocycles. The first-order valence-electron chi connectivity index (χ1n) is 7.03. The Morgan fingerprint density at radius 1 is 1.17 bits per heavy atom. The van der Waals surface area contributed by atoms with Crippen LogP contribution in [0.1, 0.15) is 25.7 Å². The van der Waals surface area contributed by atoms with Crippen LogP contribution in [0.15, 0.2) is 24.3 Å². The molecule has 0 amide bonds. The fourth-order valence-corrected chi connectivity index (χ4v) is 3.47. The average molecular weight is 246 g/mol. The third kappa shape index (κ3) is 2.61. The Balaban J connectivity index is 1.36. The lowest BCUT2D eigenvalue weighted by molar-refractivity contribution is 0.282. The molecule has 1 aromatic rings. The predicted octanol–water partition coefficient (Wildman–Crippen LogP) is 2.43. The standard InChI is InChI=1S/C15H22N2O/c16-13-3-5-14(6-4-13)18-8-7-17-15-10-11-1-2-12(15)9-11/h3-6,11-12,15,17H,1-2,7-10,16H2. The number of fused-ring (bicyclic) bond motifs is 2. The van der Waals surface area contributed by atoms with E-state index in [0.717, 1.165) is 42.5 Å². The number of nitrogens with one attached hydrogen (secondary N) is 1. The average Bonchev–Trinajstić information content (AvgIpc) is 2.99. The van der Waals surface area contributed by atoms with E-state index in [2.05, 4.69) is 5.32 Å². The van der Waals surface area contributed by atoms with Crippen molar-refractivity contribution in [3.05, 3.63) is 24.3 Å². The lowest BCUT2D eigenvalue weighted by Crippen LogP contribution is -2.36. The highest BCUT2D eigenvalue weighted by Gasteiger charge is 2.38. The zero-order chi connectivity index (χ0) is 12.4. The summed E-state index contributed by atoms with van der Waals surface area (Å²) in [6.07, 6.45) is 5.73. The minimum Gasteiger partial charge on any atom is -0.492 e. The molecule has 98 valence electrons. The van der Waals surface area contributed by atoms with Gasteiger partial charge in [0.15, 0.2) is 0 Å². The molecule has 1 aromatic carbocycles. The van der Waals surface area contributed by atoms with Gasteiger partial charge in [0.2, 0.25) is 0 Å². The van der Waals surface area contributed by atoms with Crippen LogP contribution in [0.25, 0.3) is 0 Å². The molecule has 0 spiro atoms. The van der Waals surface area contributed by atoms with Crippen LogP contribution in [-0.4, -0.2) is 19.2 Å². The number of hydrogen-bond acceptors (Lipinski definition) is 3. The maximum atomic E-state index is 5.68. The summed E-state index contributed by atoms with van der Waals surface area (Å²) in [7, 11) is 0. The molecule has 2 bridgehead atoms. The number of benzene rings is 1. The highest BCUT2D eigenvalue weighted by Crippen LogP contribution is 2.44. The van der Waals surface area contributed by atoms with Gasteiger partial charge in [-0.1, -0.05) is 6.42 Å². The summed E-state index contributed by atoms with van der Waals surface area (Å²) in [5.74, 6) is 2.84. The van der Waals surface area contributed by atoms with Crippen LogP contribution in [0.5, 0.6) is 5.75 Å². The number of anilines is 1. The molecule has 3 atom stereocenters. The number of nitrogens with two attached hydrogens (primary N) is 1. The highest BCUT2D eigenvalue weighted by molar-refractivity contribution is 5.41. The Kier molecular flexibility index (Phi) is 3.41. The van der Waals surface area contributed by atoms with Gasteiger partial charge in [0.05, 0.1) is 0 Å². The van der Waals surface area contributed by atoms with E-state index in [4.69, 9.17) is 10.5 Å². The van der Waals surface area contributed by atoms with Crippen molar-refractivity contribution in [2.45, 2.75) is 31.7 Å². The fraction of sp³-hybridized carbons (Fsp3) is 0.600. The lowest BCUT2D eigenvalue weighted by atomic mass is 9.95. The van der Waals surface area contributed by atoms with Gasteiger partial charge < -0.3 is 15.8 Å². The second kappa shape index (κ2) is 5.19. The summed E-state index contributed by atoms with van der Waals surface area (Å²) in [4.78, 5) is 0. The number of hydrogen-bond donors (Lipinski definition) is 2. The second-order valence-corrected chi connectivity index (χ2v) is 5.65. The second-order valence-electron chi connectivity index (χ2n) is 5.65. The van der Waals surface area contributed by atoms with E-state index in [9.17, 15) is 0 Å². The maximum Gasteiger partial charge on any atom is 0.119 e. The van der Waals surface area contributed by atoms with Crippen molar-refractivity contribution in [1.29, 1.82) is 0 Å². The third-order valence-corrected chi connectivity index (χ3v) is 4.40. The molecule has 2 aliphatic rings. The van der Waals surface area contributed by atoms with Crippen molar-refractivity contribution in [3.63, 3.8) is 0 Å². The Morgan fingerprint density at radius 2 is 2.00 bits per heavy atom. The Labute approximate surface area is 109 Å². The van der Waals surface area contributed by atoms with Gasteiger partial charge in [0.1, 0.15) is 12.4 Å². The molecule has 3 heteroatoms. The molecule has 0 heterocycles. The molecule has 3 nitrogen and oxygen atoms in total. The minimum absolute atomic E-state index is 0.734. The van der Waals surface area contributed by atoms with Crippen LogP contribution in [0.3, 0.4) is 0 Å². The van der Waals surface area contributed by atoms with E-state index < -0.39 is 0 Å². The number of nitrogen functional groups attached to an aromatic ring is 1. The Hall–Kier alpha value is -1.22. The van der Waals surface area contributed by atoms with Gasteiger partial charge in [-0.15, -0.1) is 0 Å². The summed E-state index contributed by atoms with van der Waals surface area (Å²) < 4.78 is 5.68. The van der Waals surface area contributed by atoms with E-state index >= 15 is 0 Å². The van der Waals surface area contributed by atoms with E-state index in [1.54, 1.807) is 0 Å². The summed E-state index contributed by atoms with van der Waals surface area (Å²) in [6.45, 7) is 1.68. The molecule has 0 aromatic heterocycles. The van der Waals surface area contributed by atoms with Crippen molar-refractivity contribution in [3.8, 4) is 5.75 Å². The lowest BCUT2D eigenvalue weighted by Gasteiger charge is -2.22. The summed E-state index contributed by atoms with van der Waals surface area (Å²) in [5, 5.41) is 3.64. The fourth-order valence-electron chi connectivity index (χ4n) is 3.47. The van der Waals surface area contributed by atoms with Gasteiger partial charge in [-0.3, -0.25) is 0 Å². The molecule has 18 heavy (non-hydrogen) atoms. The quantitative estimate of drug-likeness (QED) is 0.619. The summed E-state index contributed by atoms with van der Waals surface area (Å²) >= 11 is 0. The van der Waals surface area contributed by atoms with Crippen LogP contribution in [0.4, 0.5) is 5.69 Å². The van der Waals surface area contributed by atoms with Crippen molar-refractivity contribution in [2.24, 2.45) is 11.8 Å². The van der Waals surface area contributed by atoms with Crippen LogP contribution < -0.4 is 15.8 Å². The van der Waals surface area contributed by atoms with Gasteiger partial charge in [-0.25, -0.2) is 0 Å². The van der Waals surface area contributed by atoms with E-state index in [-0.39, 0.29) is 0 Å². The van der Waals surface area contributed by atoms with Gasteiger partial charge in [0, 0.05) is 18.3 Å². The zero-order valence-corrected chi connectivity index (χ0v) is 10.8. The molecule has 2 fully saturated rings.